The highest BCUT2D eigenvalue weighted by Gasteiger charge is 2.12. The molecule has 0 aliphatic carbocycles. The fourth-order valence-electron chi connectivity index (χ4n) is 1.62. The van der Waals surface area contributed by atoms with Crippen LogP contribution >= 0.6 is 15.9 Å². The molecule has 1 N–H and O–H groups in total. The molecule has 2 aromatic rings. The Morgan fingerprint density at radius 1 is 1.28 bits per heavy atom. The summed E-state index contributed by atoms with van der Waals surface area (Å²) in [5.74, 6) is 1.51. The van der Waals surface area contributed by atoms with Crippen LogP contribution in [0.25, 0.3) is 11.5 Å². The summed E-state index contributed by atoms with van der Waals surface area (Å²) in [6.45, 7) is 6.89. The molecule has 0 aromatic carbocycles. The number of halogens is 1. The summed E-state index contributed by atoms with van der Waals surface area (Å²) in [6.07, 6.45) is 1.74. The van der Waals surface area contributed by atoms with Crippen molar-refractivity contribution in [3.05, 3.63) is 34.1 Å². The van der Waals surface area contributed by atoms with Crippen molar-refractivity contribution in [2.75, 3.05) is 11.9 Å². The van der Waals surface area contributed by atoms with E-state index in [1.54, 1.807) is 6.20 Å². The first-order valence-electron chi connectivity index (χ1n) is 5.83. The third kappa shape index (κ3) is 2.51. The van der Waals surface area contributed by atoms with Gasteiger partial charge in [-0.05, 0) is 48.8 Å². The summed E-state index contributed by atoms with van der Waals surface area (Å²) < 4.78 is 0.899. The van der Waals surface area contributed by atoms with E-state index in [0.717, 1.165) is 33.8 Å². The van der Waals surface area contributed by atoms with Crippen LogP contribution in [0.2, 0.25) is 0 Å². The number of rotatable bonds is 3. The molecule has 0 aliphatic rings. The molecule has 0 amide bonds. The number of anilines is 1. The van der Waals surface area contributed by atoms with Gasteiger partial charge in [0.15, 0.2) is 5.82 Å². The Balaban J connectivity index is 2.56. The van der Waals surface area contributed by atoms with Gasteiger partial charge in [-0.2, -0.15) is 0 Å². The summed E-state index contributed by atoms with van der Waals surface area (Å²) in [4.78, 5) is 13.4. The number of aromatic nitrogens is 3. The van der Waals surface area contributed by atoms with E-state index in [2.05, 4.69) is 36.2 Å². The van der Waals surface area contributed by atoms with Crippen LogP contribution < -0.4 is 5.32 Å². The minimum Gasteiger partial charge on any atom is -0.370 e. The molecule has 0 saturated carbocycles. The van der Waals surface area contributed by atoms with E-state index in [4.69, 9.17) is 0 Å². The Hall–Kier alpha value is -1.49. The highest BCUT2D eigenvalue weighted by atomic mass is 79.9. The van der Waals surface area contributed by atoms with Crippen molar-refractivity contribution < 1.29 is 0 Å². The molecule has 2 rings (SSSR count). The molecule has 5 heteroatoms. The highest BCUT2D eigenvalue weighted by Crippen LogP contribution is 2.25. The van der Waals surface area contributed by atoms with Gasteiger partial charge in [0.1, 0.15) is 11.5 Å². The van der Waals surface area contributed by atoms with Crippen LogP contribution in [0, 0.1) is 13.8 Å². The van der Waals surface area contributed by atoms with Crippen LogP contribution in [0.15, 0.2) is 22.8 Å². The molecule has 0 aliphatic heterocycles. The second-order valence-corrected chi connectivity index (χ2v) is 4.82. The van der Waals surface area contributed by atoms with Gasteiger partial charge in [0.05, 0.1) is 0 Å². The van der Waals surface area contributed by atoms with E-state index in [1.165, 1.54) is 0 Å². The van der Waals surface area contributed by atoms with E-state index >= 15 is 0 Å². The highest BCUT2D eigenvalue weighted by molar-refractivity contribution is 9.10. The molecule has 0 bridgehead atoms. The minimum atomic E-state index is 0.640. The molecular formula is C13H15BrN4. The largest absolute Gasteiger partial charge is 0.370 e. The normalized spacial score (nSPS) is 10.4. The molecule has 0 fully saturated rings. The first kappa shape index (κ1) is 13.0. The maximum absolute atomic E-state index is 4.54. The van der Waals surface area contributed by atoms with Crippen molar-refractivity contribution in [3.8, 4) is 11.5 Å². The fourth-order valence-corrected chi connectivity index (χ4v) is 2.06. The lowest BCUT2D eigenvalue weighted by Crippen LogP contribution is -2.06. The quantitative estimate of drug-likeness (QED) is 0.945. The van der Waals surface area contributed by atoms with Crippen molar-refractivity contribution in [2.45, 2.75) is 20.8 Å². The van der Waals surface area contributed by atoms with Crippen molar-refractivity contribution >= 4 is 21.7 Å². The number of pyridine rings is 1. The number of nitrogens with zero attached hydrogens (tertiary/aromatic N) is 3. The smallest absolute Gasteiger partial charge is 0.181 e. The maximum Gasteiger partial charge on any atom is 0.181 e. The Kier molecular flexibility index (Phi) is 3.91. The Morgan fingerprint density at radius 2 is 2.06 bits per heavy atom. The van der Waals surface area contributed by atoms with Crippen LogP contribution in [0.5, 0.6) is 0 Å². The molecule has 4 nitrogen and oxygen atoms in total. The predicted octanol–water partition coefficient (Wildman–Crippen LogP) is 3.35. The van der Waals surface area contributed by atoms with Crippen LogP contribution in [0.4, 0.5) is 5.82 Å². The molecule has 2 aromatic heterocycles. The van der Waals surface area contributed by atoms with Crippen LogP contribution in [-0.2, 0) is 0 Å². The van der Waals surface area contributed by atoms with E-state index in [0.29, 0.717) is 5.82 Å². The maximum atomic E-state index is 4.54. The van der Waals surface area contributed by atoms with Crippen molar-refractivity contribution in [1.82, 2.24) is 15.0 Å². The second kappa shape index (κ2) is 5.44. The van der Waals surface area contributed by atoms with E-state index in [-0.39, 0.29) is 0 Å². The molecule has 0 radical (unpaired) electrons. The van der Waals surface area contributed by atoms with Gasteiger partial charge in [-0.1, -0.05) is 0 Å². The zero-order chi connectivity index (χ0) is 13.1. The second-order valence-electron chi connectivity index (χ2n) is 3.97. The first-order valence-corrected chi connectivity index (χ1v) is 6.62. The number of nitrogens with one attached hydrogen (secondary N) is 1. The first-order chi connectivity index (χ1) is 8.63. The van der Waals surface area contributed by atoms with Gasteiger partial charge in [0, 0.05) is 28.5 Å². The Morgan fingerprint density at radius 3 is 2.72 bits per heavy atom. The summed E-state index contributed by atoms with van der Waals surface area (Å²) in [6, 6.07) is 3.81. The van der Waals surface area contributed by atoms with Gasteiger partial charge in [-0.3, -0.25) is 4.98 Å². The fraction of sp³-hybridized carbons (Fsp3) is 0.308. The van der Waals surface area contributed by atoms with Gasteiger partial charge >= 0.3 is 0 Å². The number of hydrogen-bond donors (Lipinski definition) is 1. The lowest BCUT2D eigenvalue weighted by atomic mass is 10.2. The third-order valence-electron chi connectivity index (χ3n) is 2.70. The summed E-state index contributed by atoms with van der Waals surface area (Å²) >= 11 is 3.48. The van der Waals surface area contributed by atoms with Crippen molar-refractivity contribution in [1.29, 1.82) is 0 Å². The lowest BCUT2D eigenvalue weighted by Gasteiger charge is -2.11. The van der Waals surface area contributed by atoms with Crippen LogP contribution in [-0.4, -0.2) is 21.5 Å². The summed E-state index contributed by atoms with van der Waals surface area (Å²) in [5.41, 5.74) is 2.81. The molecule has 0 unspecified atom stereocenters. The van der Waals surface area contributed by atoms with Gasteiger partial charge < -0.3 is 5.32 Å². The number of hydrogen-bond acceptors (Lipinski definition) is 4. The molecule has 0 saturated heterocycles. The molecule has 18 heavy (non-hydrogen) atoms. The monoisotopic (exact) mass is 306 g/mol. The predicted molar refractivity (Wildman–Crippen MR) is 76.6 cm³/mol. The zero-order valence-electron chi connectivity index (χ0n) is 10.7. The van der Waals surface area contributed by atoms with E-state index < -0.39 is 0 Å². The average Bonchev–Trinajstić information content (AvgIpc) is 2.35. The van der Waals surface area contributed by atoms with Gasteiger partial charge in [0.25, 0.3) is 0 Å². The molecule has 0 spiro atoms. The molecule has 2 heterocycles. The molecular weight excluding hydrogens is 292 g/mol. The van der Waals surface area contributed by atoms with Crippen LogP contribution in [0.1, 0.15) is 18.2 Å². The minimum absolute atomic E-state index is 0.640. The summed E-state index contributed by atoms with van der Waals surface area (Å²) in [7, 11) is 0. The van der Waals surface area contributed by atoms with Crippen molar-refractivity contribution in [3.63, 3.8) is 0 Å². The van der Waals surface area contributed by atoms with Gasteiger partial charge in [-0.25, -0.2) is 9.97 Å². The molecule has 94 valence electrons. The Bertz CT molecular complexity index is 569. The van der Waals surface area contributed by atoms with E-state index in [9.17, 15) is 0 Å². The Labute approximate surface area is 115 Å². The van der Waals surface area contributed by atoms with Crippen LogP contribution in [0.3, 0.4) is 0 Å². The topological polar surface area (TPSA) is 50.7 Å². The summed E-state index contributed by atoms with van der Waals surface area (Å²) in [5, 5.41) is 3.25. The number of aryl methyl sites for hydroxylation is 1. The lowest BCUT2D eigenvalue weighted by molar-refractivity contribution is 1.03. The van der Waals surface area contributed by atoms with Gasteiger partial charge in [0.2, 0.25) is 0 Å². The molecule has 0 atom stereocenters. The van der Waals surface area contributed by atoms with Crippen molar-refractivity contribution in [2.24, 2.45) is 0 Å². The average molecular weight is 307 g/mol. The SMILES string of the molecule is CCNc1nc(-c2ncccc2Br)nc(C)c1C. The zero-order valence-corrected chi connectivity index (χ0v) is 12.2. The van der Waals surface area contributed by atoms with Gasteiger partial charge in [-0.15, -0.1) is 0 Å². The standard InChI is InChI=1S/C13H15BrN4/c1-4-15-12-8(2)9(3)17-13(18-12)11-10(14)6-5-7-16-11/h5-7H,4H2,1-3H3,(H,15,17,18). The van der Waals surface area contributed by atoms with E-state index in [1.807, 2.05) is 32.9 Å². The third-order valence-corrected chi connectivity index (χ3v) is 3.34.